The summed E-state index contributed by atoms with van der Waals surface area (Å²) in [5.41, 5.74) is 0.758. The van der Waals surface area contributed by atoms with E-state index in [1.165, 1.54) is 22.7 Å². The van der Waals surface area contributed by atoms with Gasteiger partial charge in [0.05, 0.1) is 11.1 Å². The van der Waals surface area contributed by atoms with Crippen molar-refractivity contribution < 1.29 is 9.90 Å². The summed E-state index contributed by atoms with van der Waals surface area (Å²) in [7, 11) is 0. The molecule has 0 fully saturated rings. The van der Waals surface area contributed by atoms with Gasteiger partial charge in [0.2, 0.25) is 0 Å². The second kappa shape index (κ2) is 3.92. The molecule has 0 atom stereocenters. The minimum atomic E-state index is -0.897. The Morgan fingerprint density at radius 1 is 1.53 bits per heavy atom. The van der Waals surface area contributed by atoms with Crippen molar-refractivity contribution in [3.63, 3.8) is 0 Å². The van der Waals surface area contributed by atoms with Crippen molar-refractivity contribution in [1.82, 2.24) is 4.98 Å². The van der Waals surface area contributed by atoms with Gasteiger partial charge in [0.1, 0.15) is 14.2 Å². The van der Waals surface area contributed by atoms with Crippen LogP contribution in [0.15, 0.2) is 12.3 Å². The fourth-order valence-corrected chi connectivity index (χ4v) is 3.14. The molecule has 3 nitrogen and oxygen atoms in total. The van der Waals surface area contributed by atoms with Gasteiger partial charge in [-0.2, -0.15) is 0 Å². The summed E-state index contributed by atoms with van der Waals surface area (Å²) in [5, 5.41) is 9.66. The van der Waals surface area contributed by atoms with Gasteiger partial charge in [-0.15, -0.1) is 22.7 Å². The first-order valence-corrected chi connectivity index (χ1v) is 6.04. The van der Waals surface area contributed by atoms with E-state index in [1.807, 2.05) is 6.07 Å². The van der Waals surface area contributed by atoms with Crippen LogP contribution in [0.5, 0.6) is 0 Å². The highest BCUT2D eigenvalue weighted by molar-refractivity contribution is 7.24. The molecule has 1 N–H and O–H groups in total. The molecular formula is C9H6ClNO2S2. The fourth-order valence-electron chi connectivity index (χ4n) is 1.17. The van der Waals surface area contributed by atoms with Crippen LogP contribution in [-0.4, -0.2) is 16.1 Å². The van der Waals surface area contributed by atoms with Crippen LogP contribution in [0.2, 0.25) is 4.34 Å². The van der Waals surface area contributed by atoms with Crippen LogP contribution in [-0.2, 0) is 0 Å². The van der Waals surface area contributed by atoms with Crippen molar-refractivity contribution in [3.8, 4) is 9.88 Å². The third kappa shape index (κ3) is 2.04. The van der Waals surface area contributed by atoms with Gasteiger partial charge < -0.3 is 5.11 Å². The lowest BCUT2D eigenvalue weighted by Gasteiger charge is -1.87. The number of aromatic carboxylic acids is 1. The molecule has 0 saturated carbocycles. The van der Waals surface area contributed by atoms with Gasteiger partial charge in [-0.25, -0.2) is 9.78 Å². The summed E-state index contributed by atoms with van der Waals surface area (Å²) in [4.78, 5) is 16.1. The Hall–Kier alpha value is -0.910. The van der Waals surface area contributed by atoms with E-state index >= 15 is 0 Å². The summed E-state index contributed by atoms with van der Waals surface area (Å²) in [6.45, 7) is 1.78. The first kappa shape index (κ1) is 10.6. The number of aromatic nitrogens is 1. The Balaban J connectivity index is 2.46. The van der Waals surface area contributed by atoms with E-state index in [4.69, 9.17) is 16.7 Å². The van der Waals surface area contributed by atoms with Crippen molar-refractivity contribution >= 4 is 40.2 Å². The molecule has 2 aromatic rings. The normalized spacial score (nSPS) is 10.5. The van der Waals surface area contributed by atoms with Gasteiger partial charge >= 0.3 is 5.97 Å². The Morgan fingerprint density at radius 2 is 2.27 bits per heavy atom. The number of aryl methyl sites for hydroxylation is 1. The number of carboxylic acids is 1. The smallest absolute Gasteiger partial charge is 0.346 e. The lowest BCUT2D eigenvalue weighted by atomic mass is 10.3. The summed E-state index contributed by atoms with van der Waals surface area (Å²) in [6.07, 6.45) is 1.57. The number of carboxylic acid groups (broad SMARTS) is 1. The summed E-state index contributed by atoms with van der Waals surface area (Å²) in [6, 6.07) is 1.82. The molecule has 0 unspecified atom stereocenters. The first-order chi connectivity index (χ1) is 7.08. The highest BCUT2D eigenvalue weighted by atomic mass is 35.5. The Kier molecular flexibility index (Phi) is 2.77. The monoisotopic (exact) mass is 259 g/mol. The van der Waals surface area contributed by atoms with E-state index in [0.717, 1.165) is 15.4 Å². The van der Waals surface area contributed by atoms with Crippen molar-refractivity contribution in [2.75, 3.05) is 0 Å². The van der Waals surface area contributed by atoms with E-state index < -0.39 is 5.97 Å². The molecule has 0 radical (unpaired) electrons. The van der Waals surface area contributed by atoms with Gasteiger partial charge in [-0.3, -0.25) is 0 Å². The molecule has 2 rings (SSSR count). The molecule has 0 aliphatic heterocycles. The molecular weight excluding hydrogens is 254 g/mol. The van der Waals surface area contributed by atoms with E-state index in [0.29, 0.717) is 9.21 Å². The lowest BCUT2D eigenvalue weighted by molar-refractivity contribution is 0.0701. The maximum Gasteiger partial charge on any atom is 0.346 e. The van der Waals surface area contributed by atoms with Gasteiger partial charge in [-0.1, -0.05) is 11.6 Å². The first-order valence-electron chi connectivity index (χ1n) is 4.03. The van der Waals surface area contributed by atoms with E-state index in [1.54, 1.807) is 13.1 Å². The highest BCUT2D eigenvalue weighted by Crippen LogP contribution is 2.35. The molecule has 2 aromatic heterocycles. The maximum atomic E-state index is 10.8. The van der Waals surface area contributed by atoms with Gasteiger partial charge in [0.25, 0.3) is 0 Å². The highest BCUT2D eigenvalue weighted by Gasteiger charge is 2.14. The standard InChI is InChI=1S/C9H6ClNO2S2/c1-4-2-5(14-7(4)9(12)13)8-11-3-6(10)15-8/h2-3H,1H3,(H,12,13). The van der Waals surface area contributed by atoms with Crippen LogP contribution in [0, 0.1) is 6.92 Å². The van der Waals surface area contributed by atoms with Crippen molar-refractivity contribution in [1.29, 1.82) is 0 Å². The van der Waals surface area contributed by atoms with Crippen LogP contribution >= 0.6 is 34.3 Å². The van der Waals surface area contributed by atoms with Crippen LogP contribution in [0.1, 0.15) is 15.2 Å². The van der Waals surface area contributed by atoms with E-state index in [9.17, 15) is 4.79 Å². The molecule has 0 amide bonds. The summed E-state index contributed by atoms with van der Waals surface area (Å²) < 4.78 is 0.605. The second-order valence-corrected chi connectivity index (χ2v) is 5.61. The molecule has 0 bridgehead atoms. The minimum absolute atomic E-state index is 0.358. The lowest BCUT2D eigenvalue weighted by Crippen LogP contribution is -1.93. The van der Waals surface area contributed by atoms with Crippen LogP contribution in [0.3, 0.4) is 0 Å². The number of rotatable bonds is 2. The van der Waals surface area contributed by atoms with Crippen LogP contribution in [0.4, 0.5) is 0 Å². The number of carbonyl (C=O) groups is 1. The van der Waals surface area contributed by atoms with Crippen LogP contribution in [0.25, 0.3) is 9.88 Å². The summed E-state index contributed by atoms with van der Waals surface area (Å²) >= 11 is 8.33. The van der Waals surface area contributed by atoms with Gasteiger partial charge in [-0.05, 0) is 18.6 Å². The minimum Gasteiger partial charge on any atom is -0.477 e. The third-order valence-electron chi connectivity index (χ3n) is 1.80. The molecule has 78 valence electrons. The second-order valence-electron chi connectivity index (χ2n) is 2.90. The summed E-state index contributed by atoms with van der Waals surface area (Å²) in [5.74, 6) is -0.897. The average molecular weight is 260 g/mol. The molecule has 6 heteroatoms. The zero-order valence-electron chi connectivity index (χ0n) is 7.65. The number of thiazole rings is 1. The molecule has 0 spiro atoms. The molecule has 0 aromatic carbocycles. The third-order valence-corrected chi connectivity index (χ3v) is 4.31. The average Bonchev–Trinajstić information content (AvgIpc) is 2.71. The number of nitrogens with zero attached hydrogens (tertiary/aromatic N) is 1. The predicted octanol–water partition coefficient (Wildman–Crippen LogP) is 3.53. The van der Waals surface area contributed by atoms with Crippen molar-refractivity contribution in [2.24, 2.45) is 0 Å². The zero-order chi connectivity index (χ0) is 11.0. The Bertz CT molecular complexity index is 518. The number of halogens is 1. The molecule has 2 heterocycles. The maximum absolute atomic E-state index is 10.8. The Morgan fingerprint density at radius 3 is 2.73 bits per heavy atom. The van der Waals surface area contributed by atoms with Crippen molar-refractivity contribution in [3.05, 3.63) is 27.0 Å². The SMILES string of the molecule is Cc1cc(-c2ncc(Cl)s2)sc1C(=O)O. The number of thiophene rings is 1. The topological polar surface area (TPSA) is 50.2 Å². The molecule has 0 aliphatic carbocycles. The Labute approximate surface area is 99.0 Å². The largest absolute Gasteiger partial charge is 0.477 e. The van der Waals surface area contributed by atoms with E-state index in [2.05, 4.69) is 4.98 Å². The fraction of sp³-hybridized carbons (Fsp3) is 0.111. The number of hydrogen-bond donors (Lipinski definition) is 1. The predicted molar refractivity (Wildman–Crippen MR) is 62.1 cm³/mol. The molecule has 0 aliphatic rings. The van der Waals surface area contributed by atoms with Gasteiger partial charge in [0, 0.05) is 0 Å². The molecule has 0 saturated heterocycles. The molecule has 15 heavy (non-hydrogen) atoms. The van der Waals surface area contributed by atoms with Crippen molar-refractivity contribution in [2.45, 2.75) is 6.92 Å². The van der Waals surface area contributed by atoms with E-state index in [-0.39, 0.29) is 0 Å². The zero-order valence-corrected chi connectivity index (χ0v) is 10.0. The number of hydrogen-bond acceptors (Lipinski definition) is 4. The quantitative estimate of drug-likeness (QED) is 0.898. The van der Waals surface area contributed by atoms with Gasteiger partial charge in [0.15, 0.2) is 0 Å². The van der Waals surface area contributed by atoms with Crippen LogP contribution < -0.4 is 0 Å².